The maximum atomic E-state index is 11.9. The van der Waals surface area contributed by atoms with E-state index in [0.29, 0.717) is 18.2 Å². The monoisotopic (exact) mass is 536 g/mol. The number of nitrogens with one attached hydrogen (secondary N) is 3. The SMILES string of the molecule is CN=C(NCc1ccc(C(=O)NCC(N)=O)cc1)NC1CCN(c2ccccc2)C1.I. The number of carbonyl (C=O) groups excluding carboxylic acids is 2. The van der Waals surface area contributed by atoms with Crippen LogP contribution in [0.1, 0.15) is 22.3 Å². The molecule has 1 aliphatic heterocycles. The molecule has 2 amide bonds. The Balaban J connectivity index is 0.00000341. The fourth-order valence-corrected chi connectivity index (χ4v) is 3.37. The minimum Gasteiger partial charge on any atom is -0.369 e. The number of halogens is 1. The minimum absolute atomic E-state index is 0. The minimum atomic E-state index is -0.572. The number of primary amides is 1. The lowest BCUT2D eigenvalue weighted by molar-refractivity contribution is -0.117. The first-order valence-corrected chi connectivity index (χ1v) is 9.98. The van der Waals surface area contributed by atoms with Crippen molar-refractivity contribution >= 4 is 47.4 Å². The van der Waals surface area contributed by atoms with Crippen LogP contribution in [0, 0.1) is 0 Å². The molecule has 1 heterocycles. The number of anilines is 1. The number of rotatable bonds is 7. The van der Waals surface area contributed by atoms with Gasteiger partial charge in [-0.3, -0.25) is 14.6 Å². The molecule has 1 unspecified atom stereocenters. The van der Waals surface area contributed by atoms with Gasteiger partial charge in [0.1, 0.15) is 0 Å². The van der Waals surface area contributed by atoms with Crippen LogP contribution in [0.2, 0.25) is 0 Å². The number of aliphatic imine (C=N–C) groups is 1. The lowest BCUT2D eigenvalue weighted by atomic mass is 10.1. The van der Waals surface area contributed by atoms with Gasteiger partial charge < -0.3 is 26.6 Å². The van der Waals surface area contributed by atoms with Crippen molar-refractivity contribution in [3.05, 3.63) is 65.7 Å². The van der Waals surface area contributed by atoms with Crippen LogP contribution >= 0.6 is 24.0 Å². The molecule has 0 bridgehead atoms. The highest BCUT2D eigenvalue weighted by Gasteiger charge is 2.23. The van der Waals surface area contributed by atoms with Gasteiger partial charge in [0.2, 0.25) is 5.91 Å². The predicted octanol–water partition coefficient (Wildman–Crippen LogP) is 1.46. The molecule has 5 N–H and O–H groups in total. The molecular formula is C22H29IN6O2. The van der Waals surface area contributed by atoms with E-state index in [4.69, 9.17) is 5.73 Å². The van der Waals surface area contributed by atoms with Crippen molar-refractivity contribution in [1.82, 2.24) is 16.0 Å². The zero-order valence-electron chi connectivity index (χ0n) is 17.5. The van der Waals surface area contributed by atoms with Gasteiger partial charge in [0.25, 0.3) is 5.91 Å². The first-order valence-electron chi connectivity index (χ1n) is 9.98. The summed E-state index contributed by atoms with van der Waals surface area (Å²) in [5.41, 5.74) is 7.77. The second-order valence-corrected chi connectivity index (χ2v) is 7.18. The number of para-hydroxylation sites is 1. The van der Waals surface area contributed by atoms with Gasteiger partial charge in [-0.2, -0.15) is 0 Å². The van der Waals surface area contributed by atoms with Crippen LogP contribution in [-0.2, 0) is 11.3 Å². The lowest BCUT2D eigenvalue weighted by Crippen LogP contribution is -2.44. The second kappa shape index (κ2) is 12.1. The van der Waals surface area contributed by atoms with E-state index in [1.54, 1.807) is 19.2 Å². The van der Waals surface area contributed by atoms with Gasteiger partial charge in [-0.15, -0.1) is 24.0 Å². The Morgan fingerprint density at radius 1 is 1.10 bits per heavy atom. The maximum absolute atomic E-state index is 11.9. The van der Waals surface area contributed by atoms with Gasteiger partial charge in [0.05, 0.1) is 6.54 Å². The lowest BCUT2D eigenvalue weighted by Gasteiger charge is -2.20. The van der Waals surface area contributed by atoms with E-state index in [0.717, 1.165) is 31.0 Å². The number of nitrogens with zero attached hydrogens (tertiary/aromatic N) is 2. The van der Waals surface area contributed by atoms with Crippen LogP contribution in [-0.4, -0.2) is 50.5 Å². The molecule has 1 saturated heterocycles. The Labute approximate surface area is 199 Å². The van der Waals surface area contributed by atoms with Crippen LogP contribution < -0.4 is 26.6 Å². The summed E-state index contributed by atoms with van der Waals surface area (Å²) in [6.45, 7) is 2.35. The number of nitrogens with two attached hydrogens (primary N) is 1. The Morgan fingerprint density at radius 2 is 1.81 bits per heavy atom. The Kier molecular flexibility index (Phi) is 9.57. The molecule has 166 valence electrons. The van der Waals surface area contributed by atoms with Gasteiger partial charge >= 0.3 is 0 Å². The van der Waals surface area contributed by atoms with Gasteiger partial charge in [0.15, 0.2) is 5.96 Å². The standard InChI is InChI=1S/C22H28N6O2.HI/c1-24-22(27-18-11-12-28(15-18)19-5-3-2-4-6-19)26-13-16-7-9-17(10-8-16)21(30)25-14-20(23)29;/h2-10,18H,11-15H2,1H3,(H2,23,29)(H,25,30)(H2,24,26,27);1H. The molecule has 31 heavy (non-hydrogen) atoms. The normalized spacial score (nSPS) is 15.7. The van der Waals surface area contributed by atoms with E-state index >= 15 is 0 Å². The highest BCUT2D eigenvalue weighted by Crippen LogP contribution is 2.19. The molecule has 0 spiro atoms. The molecule has 3 rings (SSSR count). The van der Waals surface area contributed by atoms with Gasteiger partial charge in [-0.05, 0) is 36.2 Å². The Bertz CT molecular complexity index is 889. The molecule has 1 atom stereocenters. The summed E-state index contributed by atoms with van der Waals surface area (Å²) in [7, 11) is 1.76. The average molecular weight is 536 g/mol. The largest absolute Gasteiger partial charge is 0.369 e. The van der Waals surface area contributed by atoms with Crippen LogP contribution in [0.15, 0.2) is 59.6 Å². The maximum Gasteiger partial charge on any atom is 0.251 e. The number of benzene rings is 2. The third-order valence-electron chi connectivity index (χ3n) is 4.97. The summed E-state index contributed by atoms with van der Waals surface area (Å²) >= 11 is 0. The van der Waals surface area contributed by atoms with Crippen LogP contribution in [0.3, 0.4) is 0 Å². The molecule has 9 heteroatoms. The third-order valence-corrected chi connectivity index (χ3v) is 4.97. The van der Waals surface area contributed by atoms with E-state index in [-0.39, 0.29) is 36.4 Å². The first kappa shape index (κ1) is 24.4. The van der Waals surface area contributed by atoms with Crippen molar-refractivity contribution in [2.75, 3.05) is 31.6 Å². The second-order valence-electron chi connectivity index (χ2n) is 7.18. The Morgan fingerprint density at radius 3 is 2.45 bits per heavy atom. The molecular weight excluding hydrogens is 507 g/mol. The summed E-state index contributed by atoms with van der Waals surface area (Å²) in [4.78, 5) is 29.4. The number of amides is 2. The van der Waals surface area contributed by atoms with E-state index < -0.39 is 5.91 Å². The fourth-order valence-electron chi connectivity index (χ4n) is 3.37. The van der Waals surface area contributed by atoms with E-state index in [2.05, 4.69) is 50.1 Å². The molecule has 0 radical (unpaired) electrons. The van der Waals surface area contributed by atoms with E-state index in [9.17, 15) is 9.59 Å². The molecule has 8 nitrogen and oxygen atoms in total. The number of guanidine groups is 1. The topological polar surface area (TPSA) is 112 Å². The summed E-state index contributed by atoms with van der Waals surface area (Å²) in [6, 6.07) is 17.9. The fraction of sp³-hybridized carbons (Fsp3) is 0.318. The highest BCUT2D eigenvalue weighted by molar-refractivity contribution is 14.0. The molecule has 0 aliphatic carbocycles. The summed E-state index contributed by atoms with van der Waals surface area (Å²) in [6.07, 6.45) is 1.05. The van der Waals surface area contributed by atoms with Crippen molar-refractivity contribution in [3.63, 3.8) is 0 Å². The Hall–Kier alpha value is -2.82. The first-order chi connectivity index (χ1) is 14.5. The van der Waals surface area contributed by atoms with Crippen LogP contribution in [0.4, 0.5) is 5.69 Å². The third kappa shape index (κ3) is 7.42. The van der Waals surface area contributed by atoms with Crippen molar-refractivity contribution in [2.45, 2.75) is 19.0 Å². The predicted molar refractivity (Wildman–Crippen MR) is 134 cm³/mol. The molecule has 2 aromatic rings. The summed E-state index contributed by atoms with van der Waals surface area (Å²) in [5, 5.41) is 9.27. The van der Waals surface area contributed by atoms with Crippen LogP contribution in [0.25, 0.3) is 0 Å². The number of hydrogen-bond acceptors (Lipinski definition) is 4. The van der Waals surface area contributed by atoms with E-state index in [1.165, 1.54) is 5.69 Å². The van der Waals surface area contributed by atoms with Gasteiger partial charge in [-0.1, -0.05) is 30.3 Å². The van der Waals surface area contributed by atoms with E-state index in [1.807, 2.05) is 18.2 Å². The molecule has 0 aromatic heterocycles. The van der Waals surface area contributed by atoms with Crippen molar-refractivity contribution < 1.29 is 9.59 Å². The highest BCUT2D eigenvalue weighted by atomic mass is 127. The molecule has 1 aliphatic rings. The summed E-state index contributed by atoms with van der Waals surface area (Å²) in [5.74, 6) is -0.148. The zero-order valence-corrected chi connectivity index (χ0v) is 19.8. The van der Waals surface area contributed by atoms with Crippen LogP contribution in [0.5, 0.6) is 0 Å². The zero-order chi connectivity index (χ0) is 21.3. The molecule has 1 fully saturated rings. The smallest absolute Gasteiger partial charge is 0.251 e. The van der Waals surface area contributed by atoms with Gasteiger partial charge in [0, 0.05) is 44.0 Å². The average Bonchev–Trinajstić information content (AvgIpc) is 3.24. The number of hydrogen-bond donors (Lipinski definition) is 4. The van der Waals surface area contributed by atoms with Gasteiger partial charge in [-0.25, -0.2) is 0 Å². The van der Waals surface area contributed by atoms with Crippen molar-refractivity contribution in [1.29, 1.82) is 0 Å². The molecule has 0 saturated carbocycles. The van der Waals surface area contributed by atoms with Crippen molar-refractivity contribution in [3.8, 4) is 0 Å². The molecule has 2 aromatic carbocycles. The summed E-state index contributed by atoms with van der Waals surface area (Å²) < 4.78 is 0. The quantitative estimate of drug-likeness (QED) is 0.243. The number of carbonyl (C=O) groups is 2. The van der Waals surface area contributed by atoms with Crippen molar-refractivity contribution in [2.24, 2.45) is 10.7 Å².